The summed E-state index contributed by atoms with van der Waals surface area (Å²) >= 11 is 3.08. The second-order valence-corrected chi connectivity index (χ2v) is 10.0. The summed E-state index contributed by atoms with van der Waals surface area (Å²) in [5.74, 6) is 0.821. The van der Waals surface area contributed by atoms with Crippen LogP contribution in [0, 0.1) is 16.0 Å². The molecule has 0 fully saturated rings. The summed E-state index contributed by atoms with van der Waals surface area (Å²) in [4.78, 5) is 35.0. The predicted molar refractivity (Wildman–Crippen MR) is 133 cm³/mol. The van der Waals surface area contributed by atoms with Gasteiger partial charge in [0.25, 0.3) is 0 Å². The molecule has 2 heterocycles. The Morgan fingerprint density at radius 2 is 2.03 bits per heavy atom. The van der Waals surface area contributed by atoms with Crippen molar-refractivity contribution in [2.45, 2.75) is 45.1 Å². The molecule has 9 nitrogen and oxygen atoms in total. The van der Waals surface area contributed by atoms with Crippen molar-refractivity contribution in [3.63, 3.8) is 0 Å². The number of hydrogen-bond donors (Lipinski definition) is 1. The van der Waals surface area contributed by atoms with Crippen LogP contribution in [0.15, 0.2) is 23.5 Å². The maximum Gasteiger partial charge on any atom is 0.314 e. The van der Waals surface area contributed by atoms with Gasteiger partial charge in [0.2, 0.25) is 5.91 Å². The van der Waals surface area contributed by atoms with Crippen LogP contribution >= 0.6 is 23.1 Å². The number of nitro groups is 1. The highest BCUT2D eigenvalue weighted by Gasteiger charge is 2.24. The lowest BCUT2D eigenvalue weighted by molar-refractivity contribution is -0.385. The Kier molecular flexibility index (Phi) is 7.52. The van der Waals surface area contributed by atoms with Crippen molar-refractivity contribution in [2.75, 3.05) is 24.3 Å². The smallest absolute Gasteiger partial charge is 0.314 e. The summed E-state index contributed by atoms with van der Waals surface area (Å²) in [6.07, 6.45) is 4.75. The number of nitrogens with zero attached hydrogens (tertiary/aromatic N) is 3. The molecule has 1 N–H and O–H groups in total. The molecule has 0 spiro atoms. The zero-order valence-electron chi connectivity index (χ0n) is 19.3. The lowest BCUT2D eigenvalue weighted by Crippen LogP contribution is -2.15. The average molecular weight is 503 g/mol. The van der Waals surface area contributed by atoms with Gasteiger partial charge in [0, 0.05) is 16.3 Å². The van der Waals surface area contributed by atoms with Crippen LogP contribution in [-0.4, -0.2) is 39.8 Å². The minimum Gasteiger partial charge on any atom is -0.491 e. The van der Waals surface area contributed by atoms with E-state index in [4.69, 9.17) is 9.47 Å². The van der Waals surface area contributed by atoms with Crippen molar-refractivity contribution in [1.29, 1.82) is 0 Å². The highest BCUT2D eigenvalue weighted by Crippen LogP contribution is 2.41. The maximum absolute atomic E-state index is 12.8. The molecule has 0 unspecified atom stereocenters. The van der Waals surface area contributed by atoms with Gasteiger partial charge in [-0.15, -0.1) is 11.3 Å². The van der Waals surface area contributed by atoms with E-state index in [1.165, 1.54) is 34.3 Å². The van der Waals surface area contributed by atoms with Crippen LogP contribution in [0.2, 0.25) is 0 Å². The lowest BCUT2D eigenvalue weighted by atomic mass is 9.89. The zero-order chi connectivity index (χ0) is 24.2. The van der Waals surface area contributed by atoms with Gasteiger partial charge in [0.1, 0.15) is 21.9 Å². The molecule has 0 aliphatic heterocycles. The van der Waals surface area contributed by atoms with Gasteiger partial charge in [-0.25, -0.2) is 9.97 Å². The van der Waals surface area contributed by atoms with Crippen molar-refractivity contribution >= 4 is 50.6 Å². The van der Waals surface area contributed by atoms with Gasteiger partial charge < -0.3 is 14.8 Å². The number of amides is 1. The molecule has 1 amide bonds. The fraction of sp³-hybridized carbons (Fsp3) is 0.435. The number of ether oxygens (including phenoxy) is 2. The summed E-state index contributed by atoms with van der Waals surface area (Å²) in [5, 5.41) is 16.1. The number of carbonyl (C=O) groups is 1. The Bertz CT molecular complexity index is 1230. The van der Waals surface area contributed by atoms with Crippen LogP contribution in [0.25, 0.3) is 10.2 Å². The quantitative estimate of drug-likeness (QED) is 0.182. The molecule has 1 aliphatic rings. The highest BCUT2D eigenvalue weighted by molar-refractivity contribution is 8.00. The van der Waals surface area contributed by atoms with Gasteiger partial charge in [0.15, 0.2) is 5.75 Å². The van der Waals surface area contributed by atoms with E-state index in [1.54, 1.807) is 31.5 Å². The Balaban J connectivity index is 1.54. The van der Waals surface area contributed by atoms with Crippen LogP contribution in [0.3, 0.4) is 0 Å². The molecule has 11 heteroatoms. The Labute approximate surface area is 205 Å². The molecular formula is C23H26N4O5S2. The molecule has 3 aromatic rings. The third-order valence-corrected chi connectivity index (χ3v) is 7.68. The first-order valence-corrected chi connectivity index (χ1v) is 13.0. The second-order valence-electron chi connectivity index (χ2n) is 7.99. The summed E-state index contributed by atoms with van der Waals surface area (Å²) in [5.41, 5.74) is 1.44. The maximum atomic E-state index is 12.8. The molecule has 34 heavy (non-hydrogen) atoms. The summed E-state index contributed by atoms with van der Waals surface area (Å²) < 4.78 is 11.0. The molecule has 1 atom stereocenters. The van der Waals surface area contributed by atoms with Crippen LogP contribution in [0.5, 0.6) is 11.5 Å². The number of nitro benzene ring substituents is 1. The van der Waals surface area contributed by atoms with Gasteiger partial charge in [-0.1, -0.05) is 18.7 Å². The number of benzene rings is 1. The number of anilines is 1. The van der Waals surface area contributed by atoms with Crippen molar-refractivity contribution in [2.24, 2.45) is 5.92 Å². The monoisotopic (exact) mass is 502 g/mol. The molecule has 0 radical (unpaired) electrons. The van der Waals surface area contributed by atoms with Crippen LogP contribution in [-0.2, 0) is 17.6 Å². The number of thiophene rings is 1. The molecule has 0 saturated carbocycles. The Hall–Kier alpha value is -2.92. The van der Waals surface area contributed by atoms with E-state index in [0.29, 0.717) is 18.2 Å². The molecule has 4 rings (SSSR count). The van der Waals surface area contributed by atoms with Crippen LogP contribution in [0.1, 0.15) is 37.6 Å². The Morgan fingerprint density at radius 1 is 1.26 bits per heavy atom. The number of rotatable bonds is 9. The van der Waals surface area contributed by atoms with Gasteiger partial charge in [-0.3, -0.25) is 14.9 Å². The number of hydrogen-bond acceptors (Lipinski definition) is 9. The third-order valence-electron chi connectivity index (χ3n) is 5.53. The standard InChI is InChI=1S/C23H26N4O5S2/c1-4-31-17-10-16(27(29)30)18(32-5-2)9-15(17)26-20(28)11-33-22-21-14-7-6-13(3)8-19(14)34-23(21)25-12-24-22/h9-10,12-13H,4-8,11H2,1-3H3,(H,26,28)/t13-/m0/s1. The summed E-state index contributed by atoms with van der Waals surface area (Å²) in [6.45, 7) is 6.33. The third kappa shape index (κ3) is 5.10. The number of aryl methyl sites for hydroxylation is 1. The average Bonchev–Trinajstić information content (AvgIpc) is 3.17. The molecule has 0 bridgehead atoms. The van der Waals surface area contributed by atoms with E-state index >= 15 is 0 Å². The van der Waals surface area contributed by atoms with Crippen molar-refractivity contribution in [3.05, 3.63) is 39.0 Å². The van der Waals surface area contributed by atoms with E-state index in [-0.39, 0.29) is 35.5 Å². The number of carbonyl (C=O) groups excluding carboxylic acids is 1. The minimum absolute atomic E-state index is 0.0792. The van der Waals surface area contributed by atoms with E-state index in [9.17, 15) is 14.9 Å². The fourth-order valence-corrected chi connectivity index (χ4v) is 6.25. The topological polar surface area (TPSA) is 116 Å². The van der Waals surface area contributed by atoms with Gasteiger partial charge in [-0.05, 0) is 44.6 Å². The first-order chi connectivity index (χ1) is 16.4. The highest BCUT2D eigenvalue weighted by atomic mass is 32.2. The predicted octanol–water partition coefficient (Wildman–Crippen LogP) is 5.25. The fourth-order valence-electron chi connectivity index (χ4n) is 4.01. The molecule has 1 aliphatic carbocycles. The van der Waals surface area contributed by atoms with Gasteiger partial charge in [-0.2, -0.15) is 0 Å². The van der Waals surface area contributed by atoms with Gasteiger partial charge >= 0.3 is 5.69 Å². The second kappa shape index (κ2) is 10.6. The van der Waals surface area contributed by atoms with Crippen molar-refractivity contribution in [1.82, 2.24) is 9.97 Å². The first-order valence-electron chi connectivity index (χ1n) is 11.2. The molecular weight excluding hydrogens is 476 g/mol. The normalized spacial score (nSPS) is 15.1. The summed E-state index contributed by atoms with van der Waals surface area (Å²) in [6, 6.07) is 2.72. The van der Waals surface area contributed by atoms with Gasteiger partial charge in [0.05, 0.1) is 35.6 Å². The Morgan fingerprint density at radius 3 is 2.76 bits per heavy atom. The molecule has 180 valence electrons. The van der Waals surface area contributed by atoms with Crippen molar-refractivity contribution in [3.8, 4) is 11.5 Å². The van der Waals surface area contributed by atoms with Crippen molar-refractivity contribution < 1.29 is 19.2 Å². The summed E-state index contributed by atoms with van der Waals surface area (Å²) in [7, 11) is 0. The van der Waals surface area contributed by atoms with E-state index in [0.717, 1.165) is 34.5 Å². The first kappa shape index (κ1) is 24.2. The molecule has 1 aromatic carbocycles. The van der Waals surface area contributed by atoms with Crippen LogP contribution < -0.4 is 14.8 Å². The minimum atomic E-state index is -0.530. The van der Waals surface area contributed by atoms with E-state index in [2.05, 4.69) is 22.2 Å². The van der Waals surface area contributed by atoms with E-state index < -0.39 is 4.92 Å². The number of nitrogens with one attached hydrogen (secondary N) is 1. The molecule has 0 saturated heterocycles. The number of fused-ring (bicyclic) bond motifs is 3. The van der Waals surface area contributed by atoms with E-state index in [1.807, 2.05) is 0 Å². The molecule has 2 aromatic heterocycles. The largest absolute Gasteiger partial charge is 0.491 e. The number of aromatic nitrogens is 2. The lowest BCUT2D eigenvalue weighted by Gasteiger charge is -2.18. The van der Waals surface area contributed by atoms with Crippen LogP contribution in [0.4, 0.5) is 11.4 Å². The SMILES string of the molecule is CCOc1cc([N+](=O)[O-])c(OCC)cc1NC(=O)CSc1ncnc2sc3c(c12)CC[C@H](C)C3. The zero-order valence-corrected chi connectivity index (χ0v) is 20.9. The number of thioether (sulfide) groups is 1.